The Hall–Kier alpha value is -3.34. The second kappa shape index (κ2) is 9.92. The van der Waals surface area contributed by atoms with E-state index in [1.807, 2.05) is 38.1 Å². The minimum absolute atomic E-state index is 0.0824. The zero-order valence-corrected chi connectivity index (χ0v) is 17.4. The van der Waals surface area contributed by atoms with Gasteiger partial charge in [0.25, 0.3) is 0 Å². The number of carbonyl (C=O) groups excluding carboxylic acids is 1. The molecule has 0 aliphatic rings. The average Bonchev–Trinajstić information content (AvgIpc) is 2.74. The van der Waals surface area contributed by atoms with Crippen molar-refractivity contribution in [1.29, 1.82) is 0 Å². The highest BCUT2D eigenvalue weighted by Gasteiger charge is 2.19. The van der Waals surface area contributed by atoms with Crippen molar-refractivity contribution in [2.75, 3.05) is 12.4 Å². The highest BCUT2D eigenvalue weighted by molar-refractivity contribution is 5.91. The van der Waals surface area contributed by atoms with Crippen LogP contribution in [-0.4, -0.2) is 19.1 Å². The number of halogens is 1. The van der Waals surface area contributed by atoms with E-state index < -0.39 is 0 Å². The van der Waals surface area contributed by atoms with E-state index in [1.54, 1.807) is 43.5 Å². The van der Waals surface area contributed by atoms with E-state index in [2.05, 4.69) is 5.32 Å². The molecule has 4 nitrogen and oxygen atoms in total. The van der Waals surface area contributed by atoms with Crippen LogP contribution in [0.3, 0.4) is 0 Å². The Balaban J connectivity index is 1.80. The van der Waals surface area contributed by atoms with Gasteiger partial charge in [0.15, 0.2) is 0 Å². The third-order valence-corrected chi connectivity index (χ3v) is 4.69. The minimum Gasteiger partial charge on any atom is -0.497 e. The monoisotopic (exact) mass is 407 g/mol. The molecule has 0 aliphatic carbocycles. The predicted octanol–water partition coefficient (Wildman–Crippen LogP) is 5.78. The Kier molecular flexibility index (Phi) is 7.07. The van der Waals surface area contributed by atoms with Crippen molar-refractivity contribution in [1.82, 2.24) is 0 Å². The lowest BCUT2D eigenvalue weighted by molar-refractivity contribution is -0.116. The van der Waals surface area contributed by atoms with Crippen molar-refractivity contribution < 1.29 is 18.7 Å². The predicted molar refractivity (Wildman–Crippen MR) is 117 cm³/mol. The van der Waals surface area contributed by atoms with Crippen LogP contribution in [0, 0.1) is 5.82 Å². The van der Waals surface area contributed by atoms with Crippen molar-refractivity contribution in [2.24, 2.45) is 0 Å². The van der Waals surface area contributed by atoms with Crippen LogP contribution in [0.25, 0.3) is 0 Å². The molecule has 0 fully saturated rings. The molecular weight excluding hydrogens is 381 g/mol. The number of rotatable bonds is 8. The highest BCUT2D eigenvalue weighted by atomic mass is 19.1. The highest BCUT2D eigenvalue weighted by Crippen LogP contribution is 2.30. The van der Waals surface area contributed by atoms with E-state index in [9.17, 15) is 9.18 Å². The van der Waals surface area contributed by atoms with Crippen molar-refractivity contribution in [2.45, 2.75) is 32.3 Å². The first kappa shape index (κ1) is 21.4. The molecule has 1 N–H and O–H groups in total. The molecule has 1 atom stereocenters. The number of ether oxygens (including phenoxy) is 2. The van der Waals surface area contributed by atoms with Gasteiger partial charge in [0, 0.05) is 18.0 Å². The summed E-state index contributed by atoms with van der Waals surface area (Å²) in [5.41, 5.74) is 2.53. The van der Waals surface area contributed by atoms with E-state index in [-0.39, 0.29) is 30.2 Å². The number of methoxy groups -OCH3 is 1. The van der Waals surface area contributed by atoms with Crippen LogP contribution >= 0.6 is 0 Å². The van der Waals surface area contributed by atoms with Gasteiger partial charge in [0.05, 0.1) is 13.2 Å². The Labute approximate surface area is 176 Å². The molecule has 156 valence electrons. The lowest BCUT2D eigenvalue weighted by atomic mass is 9.88. The third kappa shape index (κ3) is 5.83. The molecule has 0 aromatic heterocycles. The number of anilines is 1. The minimum atomic E-state index is -0.305. The zero-order valence-electron chi connectivity index (χ0n) is 17.4. The van der Waals surface area contributed by atoms with Gasteiger partial charge in [0.2, 0.25) is 5.91 Å². The Morgan fingerprint density at radius 2 is 1.40 bits per heavy atom. The summed E-state index contributed by atoms with van der Waals surface area (Å²) in [5.74, 6) is 0.852. The van der Waals surface area contributed by atoms with Gasteiger partial charge in [-0.05, 0) is 73.5 Å². The quantitative estimate of drug-likeness (QED) is 0.515. The zero-order chi connectivity index (χ0) is 21.5. The molecule has 0 radical (unpaired) electrons. The van der Waals surface area contributed by atoms with E-state index in [1.165, 1.54) is 12.1 Å². The topological polar surface area (TPSA) is 47.6 Å². The summed E-state index contributed by atoms with van der Waals surface area (Å²) in [6.45, 7) is 3.94. The molecule has 1 amide bonds. The molecule has 0 aliphatic heterocycles. The SMILES string of the molecule is COc1ccc(NC(=O)C[C@H](c2ccc(F)cc2)c2ccc(OC(C)C)cc2)cc1. The van der Waals surface area contributed by atoms with Crippen LogP contribution in [0.15, 0.2) is 72.8 Å². The van der Waals surface area contributed by atoms with Crippen LogP contribution in [-0.2, 0) is 4.79 Å². The molecule has 0 saturated heterocycles. The first-order valence-corrected chi connectivity index (χ1v) is 9.90. The van der Waals surface area contributed by atoms with E-state index in [0.717, 1.165) is 22.6 Å². The Morgan fingerprint density at radius 3 is 1.93 bits per heavy atom. The van der Waals surface area contributed by atoms with Crippen LogP contribution in [0.4, 0.5) is 10.1 Å². The van der Waals surface area contributed by atoms with Crippen molar-refractivity contribution in [3.63, 3.8) is 0 Å². The number of hydrogen-bond donors (Lipinski definition) is 1. The fraction of sp³-hybridized carbons (Fsp3) is 0.240. The molecule has 0 heterocycles. The van der Waals surface area contributed by atoms with Gasteiger partial charge in [-0.2, -0.15) is 0 Å². The number of hydrogen-bond acceptors (Lipinski definition) is 3. The third-order valence-electron chi connectivity index (χ3n) is 4.69. The van der Waals surface area contributed by atoms with Gasteiger partial charge in [0.1, 0.15) is 17.3 Å². The molecule has 0 bridgehead atoms. The van der Waals surface area contributed by atoms with Crippen LogP contribution in [0.2, 0.25) is 0 Å². The molecule has 3 aromatic carbocycles. The molecular formula is C25H26FNO3. The largest absolute Gasteiger partial charge is 0.497 e. The van der Waals surface area contributed by atoms with Gasteiger partial charge in [-0.25, -0.2) is 4.39 Å². The van der Waals surface area contributed by atoms with Crippen LogP contribution < -0.4 is 14.8 Å². The summed E-state index contributed by atoms with van der Waals surface area (Å²) in [7, 11) is 1.60. The number of amides is 1. The summed E-state index contributed by atoms with van der Waals surface area (Å²) in [6.07, 6.45) is 0.307. The molecule has 0 saturated carbocycles. The second-order valence-corrected chi connectivity index (χ2v) is 7.32. The normalized spacial score (nSPS) is 11.8. The van der Waals surface area contributed by atoms with Gasteiger partial charge in [-0.15, -0.1) is 0 Å². The maximum absolute atomic E-state index is 13.4. The van der Waals surface area contributed by atoms with E-state index in [4.69, 9.17) is 9.47 Å². The lowest BCUT2D eigenvalue weighted by Gasteiger charge is -2.19. The Morgan fingerprint density at radius 1 is 0.867 bits per heavy atom. The smallest absolute Gasteiger partial charge is 0.225 e. The van der Waals surface area contributed by atoms with E-state index in [0.29, 0.717) is 5.69 Å². The molecule has 3 rings (SSSR count). The van der Waals surface area contributed by atoms with Crippen molar-refractivity contribution in [3.05, 3.63) is 89.7 Å². The van der Waals surface area contributed by atoms with Crippen LogP contribution in [0.5, 0.6) is 11.5 Å². The number of carbonyl (C=O) groups is 1. The second-order valence-electron chi connectivity index (χ2n) is 7.32. The summed E-state index contributed by atoms with van der Waals surface area (Å²) in [5, 5.41) is 2.92. The number of benzene rings is 3. The van der Waals surface area contributed by atoms with Gasteiger partial charge in [-0.3, -0.25) is 4.79 Å². The molecule has 3 aromatic rings. The maximum atomic E-state index is 13.4. The van der Waals surface area contributed by atoms with Crippen molar-refractivity contribution >= 4 is 11.6 Å². The van der Waals surface area contributed by atoms with Gasteiger partial charge >= 0.3 is 0 Å². The maximum Gasteiger partial charge on any atom is 0.225 e. The first-order valence-electron chi connectivity index (χ1n) is 9.90. The standard InChI is InChI=1S/C25H26FNO3/c1-17(2)30-23-12-6-19(7-13-23)24(18-4-8-20(26)9-5-18)16-25(28)27-21-10-14-22(29-3)15-11-21/h4-15,17,24H,16H2,1-3H3,(H,27,28)/t24-/m1/s1. The Bertz CT molecular complexity index is 951. The summed E-state index contributed by atoms with van der Waals surface area (Å²) in [4.78, 5) is 12.8. The summed E-state index contributed by atoms with van der Waals surface area (Å²) < 4.78 is 24.3. The first-order chi connectivity index (χ1) is 14.4. The van der Waals surface area contributed by atoms with Gasteiger partial charge in [-0.1, -0.05) is 24.3 Å². The molecule has 30 heavy (non-hydrogen) atoms. The average molecular weight is 407 g/mol. The number of nitrogens with one attached hydrogen (secondary N) is 1. The van der Waals surface area contributed by atoms with Crippen molar-refractivity contribution in [3.8, 4) is 11.5 Å². The van der Waals surface area contributed by atoms with E-state index >= 15 is 0 Å². The fourth-order valence-corrected chi connectivity index (χ4v) is 3.25. The molecule has 5 heteroatoms. The fourth-order valence-electron chi connectivity index (χ4n) is 3.25. The molecule has 0 spiro atoms. The van der Waals surface area contributed by atoms with Gasteiger partial charge < -0.3 is 14.8 Å². The van der Waals surface area contributed by atoms with Crippen LogP contribution in [0.1, 0.15) is 37.3 Å². The summed E-state index contributed by atoms with van der Waals surface area (Å²) >= 11 is 0. The lowest BCUT2D eigenvalue weighted by Crippen LogP contribution is -2.16. The summed E-state index contributed by atoms with van der Waals surface area (Å²) in [6, 6.07) is 21.1. The molecule has 0 unspecified atom stereocenters.